The van der Waals surface area contributed by atoms with Gasteiger partial charge in [-0.05, 0) is 36.4 Å². The van der Waals surface area contributed by atoms with Gasteiger partial charge in [0.2, 0.25) is 0 Å². The summed E-state index contributed by atoms with van der Waals surface area (Å²) < 4.78 is 5.34. The lowest BCUT2D eigenvalue weighted by molar-refractivity contribution is 0.296. The van der Waals surface area contributed by atoms with Gasteiger partial charge in [-0.2, -0.15) is 0 Å². The van der Waals surface area contributed by atoms with Crippen LogP contribution in [0.3, 0.4) is 0 Å². The van der Waals surface area contributed by atoms with Crippen LogP contribution in [0, 0.1) is 0 Å². The van der Waals surface area contributed by atoms with E-state index in [0.717, 1.165) is 11.4 Å². The molecule has 0 aliphatic rings. The molecular formula is C11H14N4O2. The monoisotopic (exact) mass is 234 g/mol. The Morgan fingerprint density at radius 1 is 1.29 bits per heavy atom. The average molecular weight is 234 g/mol. The SMILES string of the molecule is CCOc1ccc(-n2nnc(CCO)n2)cc1. The van der Waals surface area contributed by atoms with Crippen LogP contribution in [0.15, 0.2) is 24.3 Å². The first kappa shape index (κ1) is 11.5. The van der Waals surface area contributed by atoms with E-state index in [4.69, 9.17) is 9.84 Å². The second kappa shape index (κ2) is 5.40. The van der Waals surface area contributed by atoms with Gasteiger partial charge in [0.25, 0.3) is 0 Å². The van der Waals surface area contributed by atoms with Gasteiger partial charge in [-0.15, -0.1) is 15.0 Å². The molecule has 0 atom stereocenters. The quantitative estimate of drug-likeness (QED) is 0.820. The highest BCUT2D eigenvalue weighted by Crippen LogP contribution is 2.13. The fourth-order valence-corrected chi connectivity index (χ4v) is 1.40. The number of rotatable bonds is 5. The molecule has 0 amide bonds. The number of benzene rings is 1. The summed E-state index contributed by atoms with van der Waals surface area (Å²) in [5.41, 5.74) is 0.810. The molecule has 0 radical (unpaired) electrons. The molecule has 0 saturated heterocycles. The normalized spacial score (nSPS) is 10.5. The van der Waals surface area contributed by atoms with Gasteiger partial charge < -0.3 is 9.84 Å². The molecule has 2 rings (SSSR count). The molecule has 0 fully saturated rings. The molecule has 0 unspecified atom stereocenters. The average Bonchev–Trinajstić information content (AvgIpc) is 2.80. The van der Waals surface area contributed by atoms with E-state index in [-0.39, 0.29) is 6.61 Å². The Kier molecular flexibility index (Phi) is 3.66. The first-order valence-corrected chi connectivity index (χ1v) is 5.46. The van der Waals surface area contributed by atoms with Crippen molar-refractivity contribution < 1.29 is 9.84 Å². The van der Waals surface area contributed by atoms with Crippen LogP contribution in [-0.4, -0.2) is 38.5 Å². The molecule has 0 spiro atoms. The number of aromatic nitrogens is 4. The van der Waals surface area contributed by atoms with Gasteiger partial charge in [0.15, 0.2) is 5.82 Å². The fraction of sp³-hybridized carbons (Fsp3) is 0.364. The largest absolute Gasteiger partial charge is 0.494 e. The van der Waals surface area contributed by atoms with Crippen LogP contribution >= 0.6 is 0 Å². The van der Waals surface area contributed by atoms with Crippen LogP contribution < -0.4 is 4.74 Å². The topological polar surface area (TPSA) is 73.1 Å². The van der Waals surface area contributed by atoms with Gasteiger partial charge in [0, 0.05) is 6.42 Å². The van der Waals surface area contributed by atoms with E-state index in [1.807, 2.05) is 31.2 Å². The van der Waals surface area contributed by atoms with Crippen LogP contribution in [0.2, 0.25) is 0 Å². The Morgan fingerprint density at radius 2 is 2.06 bits per heavy atom. The molecule has 0 aliphatic heterocycles. The van der Waals surface area contributed by atoms with Gasteiger partial charge in [0.05, 0.1) is 18.9 Å². The Balaban J connectivity index is 2.15. The van der Waals surface area contributed by atoms with Gasteiger partial charge in [-0.25, -0.2) is 0 Å². The van der Waals surface area contributed by atoms with E-state index < -0.39 is 0 Å². The molecule has 6 nitrogen and oxygen atoms in total. The summed E-state index contributed by atoms with van der Waals surface area (Å²) in [6, 6.07) is 7.42. The Labute approximate surface area is 98.8 Å². The second-order valence-corrected chi connectivity index (χ2v) is 3.40. The van der Waals surface area contributed by atoms with Crippen LogP contribution in [0.4, 0.5) is 0 Å². The third kappa shape index (κ3) is 2.79. The smallest absolute Gasteiger partial charge is 0.177 e. The van der Waals surface area contributed by atoms with Gasteiger partial charge in [-0.3, -0.25) is 0 Å². The highest BCUT2D eigenvalue weighted by Gasteiger charge is 2.04. The van der Waals surface area contributed by atoms with Crippen molar-refractivity contribution in [2.45, 2.75) is 13.3 Å². The fourth-order valence-electron chi connectivity index (χ4n) is 1.40. The predicted molar refractivity (Wildman–Crippen MR) is 61.1 cm³/mol. The molecule has 1 aromatic heterocycles. The van der Waals surface area contributed by atoms with Crippen LogP contribution in [0.25, 0.3) is 5.69 Å². The van der Waals surface area contributed by atoms with E-state index in [0.29, 0.717) is 18.9 Å². The minimum atomic E-state index is 0.0228. The maximum Gasteiger partial charge on any atom is 0.177 e. The number of hydrogen-bond donors (Lipinski definition) is 1. The van der Waals surface area contributed by atoms with E-state index in [1.165, 1.54) is 4.80 Å². The molecular weight excluding hydrogens is 220 g/mol. The third-order valence-electron chi connectivity index (χ3n) is 2.17. The summed E-state index contributed by atoms with van der Waals surface area (Å²) in [5, 5.41) is 20.6. The number of tetrazole rings is 1. The molecule has 1 aromatic carbocycles. The summed E-state index contributed by atoms with van der Waals surface area (Å²) in [6.45, 7) is 2.60. The molecule has 17 heavy (non-hydrogen) atoms. The molecule has 1 N–H and O–H groups in total. The van der Waals surface area contributed by atoms with Gasteiger partial charge >= 0.3 is 0 Å². The van der Waals surface area contributed by atoms with Crippen molar-refractivity contribution in [1.82, 2.24) is 20.2 Å². The molecule has 0 bridgehead atoms. The Morgan fingerprint density at radius 3 is 2.71 bits per heavy atom. The summed E-state index contributed by atoms with van der Waals surface area (Å²) >= 11 is 0. The maximum atomic E-state index is 8.76. The number of aliphatic hydroxyl groups excluding tert-OH is 1. The van der Waals surface area contributed by atoms with Crippen molar-refractivity contribution in [2.24, 2.45) is 0 Å². The van der Waals surface area contributed by atoms with Crippen LogP contribution in [-0.2, 0) is 6.42 Å². The standard InChI is InChI=1S/C11H14N4O2/c1-2-17-10-5-3-9(4-6-10)15-13-11(7-8-16)12-14-15/h3-6,16H,2,7-8H2,1H3. The zero-order valence-corrected chi connectivity index (χ0v) is 9.58. The summed E-state index contributed by atoms with van der Waals surface area (Å²) in [6.07, 6.45) is 0.414. The lowest BCUT2D eigenvalue weighted by Gasteiger charge is -2.03. The summed E-state index contributed by atoms with van der Waals surface area (Å²) in [5.74, 6) is 1.34. The minimum absolute atomic E-state index is 0.0228. The summed E-state index contributed by atoms with van der Waals surface area (Å²) in [4.78, 5) is 1.43. The van der Waals surface area contributed by atoms with Crippen LogP contribution in [0.1, 0.15) is 12.7 Å². The zero-order valence-electron chi connectivity index (χ0n) is 9.58. The number of aliphatic hydroxyl groups is 1. The number of hydrogen-bond acceptors (Lipinski definition) is 5. The van der Waals surface area contributed by atoms with E-state index in [9.17, 15) is 0 Å². The molecule has 0 saturated carbocycles. The second-order valence-electron chi connectivity index (χ2n) is 3.40. The molecule has 2 aromatic rings. The van der Waals surface area contributed by atoms with E-state index in [1.54, 1.807) is 0 Å². The predicted octanol–water partition coefficient (Wildman–Crippen LogP) is 0.596. The van der Waals surface area contributed by atoms with Crippen molar-refractivity contribution in [3.05, 3.63) is 30.1 Å². The van der Waals surface area contributed by atoms with Crippen molar-refractivity contribution in [3.8, 4) is 11.4 Å². The van der Waals surface area contributed by atoms with Gasteiger partial charge in [-0.1, -0.05) is 0 Å². The molecule has 0 aliphatic carbocycles. The van der Waals surface area contributed by atoms with Crippen molar-refractivity contribution in [2.75, 3.05) is 13.2 Å². The maximum absolute atomic E-state index is 8.76. The van der Waals surface area contributed by atoms with Crippen molar-refractivity contribution in [1.29, 1.82) is 0 Å². The first-order chi connectivity index (χ1) is 8.33. The third-order valence-corrected chi connectivity index (χ3v) is 2.17. The molecule has 1 heterocycles. The first-order valence-electron chi connectivity index (χ1n) is 5.46. The Bertz CT molecular complexity index is 467. The van der Waals surface area contributed by atoms with Gasteiger partial charge in [0.1, 0.15) is 5.75 Å². The lowest BCUT2D eigenvalue weighted by Crippen LogP contribution is -2.00. The summed E-state index contributed by atoms with van der Waals surface area (Å²) in [7, 11) is 0. The Hall–Kier alpha value is -1.95. The number of nitrogens with zero attached hydrogens (tertiary/aromatic N) is 4. The highest BCUT2D eigenvalue weighted by atomic mass is 16.5. The van der Waals surface area contributed by atoms with Crippen LogP contribution in [0.5, 0.6) is 5.75 Å². The molecule has 90 valence electrons. The van der Waals surface area contributed by atoms with E-state index >= 15 is 0 Å². The van der Waals surface area contributed by atoms with Crippen molar-refractivity contribution >= 4 is 0 Å². The lowest BCUT2D eigenvalue weighted by atomic mass is 10.3. The van der Waals surface area contributed by atoms with E-state index in [2.05, 4.69) is 15.4 Å². The minimum Gasteiger partial charge on any atom is -0.494 e. The van der Waals surface area contributed by atoms with Crippen molar-refractivity contribution in [3.63, 3.8) is 0 Å². The number of ether oxygens (including phenoxy) is 1. The highest BCUT2D eigenvalue weighted by molar-refractivity contribution is 5.35. The molecule has 6 heteroatoms. The zero-order chi connectivity index (χ0) is 12.1.